The Balaban J connectivity index is 1.15. The second-order valence-electron chi connectivity index (χ2n) is 15.6. The third kappa shape index (κ3) is 14.1. The molecule has 17 nitrogen and oxygen atoms in total. The molecule has 5 aromatic rings. The molecule has 1 aromatic heterocycles. The molecule has 346 valence electrons. The second-order valence-corrected chi connectivity index (χ2v) is 17.4. The first-order chi connectivity index (χ1) is 31.6. The highest BCUT2D eigenvalue weighted by Crippen LogP contribution is 2.45. The highest BCUT2D eigenvalue weighted by Gasteiger charge is 2.28. The third-order valence-corrected chi connectivity index (χ3v) is 11.8. The zero-order chi connectivity index (χ0) is 47.8. The van der Waals surface area contributed by atoms with Crippen LogP contribution >= 0.6 is 7.52 Å². The molecule has 18 heteroatoms. The summed E-state index contributed by atoms with van der Waals surface area (Å²) in [4.78, 5) is 69.8. The summed E-state index contributed by atoms with van der Waals surface area (Å²) in [6.07, 6.45) is 8.13. The lowest BCUT2D eigenvalue weighted by atomic mass is 10.0. The number of H-pyrrole nitrogens is 1. The van der Waals surface area contributed by atoms with Crippen LogP contribution in [-0.2, 0) is 47.8 Å². The second kappa shape index (κ2) is 23.6. The van der Waals surface area contributed by atoms with Crippen molar-refractivity contribution >= 4 is 65.6 Å². The molecular weight excluding hydrogens is 866 g/mol. The normalized spacial score (nSPS) is 12.9. The van der Waals surface area contributed by atoms with E-state index in [4.69, 9.17) is 26.0 Å². The molecule has 5 amide bonds. The number of nitrogens with zero attached hydrogens (tertiary/aromatic N) is 1. The van der Waals surface area contributed by atoms with Crippen LogP contribution in [0.2, 0.25) is 0 Å². The predicted molar refractivity (Wildman–Crippen MR) is 251 cm³/mol. The van der Waals surface area contributed by atoms with Crippen molar-refractivity contribution < 1.29 is 48.1 Å². The van der Waals surface area contributed by atoms with Crippen molar-refractivity contribution in [3.05, 3.63) is 137 Å². The van der Waals surface area contributed by atoms with E-state index in [2.05, 4.69) is 31.7 Å². The molecule has 0 aliphatic heterocycles. The number of nitrogens with one attached hydrogen (secondary N) is 6. The van der Waals surface area contributed by atoms with E-state index < -0.39 is 49.3 Å². The Morgan fingerprint density at radius 2 is 1.55 bits per heavy atom. The van der Waals surface area contributed by atoms with Crippen LogP contribution < -0.4 is 26.5 Å². The van der Waals surface area contributed by atoms with Gasteiger partial charge in [0, 0.05) is 58.4 Å². The van der Waals surface area contributed by atoms with Gasteiger partial charge in [-0.2, -0.15) is 0 Å². The van der Waals surface area contributed by atoms with Gasteiger partial charge in [-0.25, -0.2) is 10.3 Å². The minimum absolute atomic E-state index is 0.0453. The number of benzene rings is 4. The summed E-state index contributed by atoms with van der Waals surface area (Å²) >= 11 is 0. The van der Waals surface area contributed by atoms with Gasteiger partial charge in [0.2, 0.25) is 11.8 Å². The smallest absolute Gasteiger partial charge is 0.410 e. The number of hydrogen-bond acceptors (Lipinski definition) is 10. The van der Waals surface area contributed by atoms with Gasteiger partial charge in [0.05, 0.1) is 13.2 Å². The standard InChI is InChI=1S/C48H54N7O10P/c1-6-66(63,65-28-27-56)54-39-22-18-37(19-23-39)46(59)52-44(31(2)3)47(60)50-33(5)45(58)51-38-20-15-36(16-21-38)30-64-48(61)55(26-25-40-32(4)49-42-10-8-7-9-41(40)42)29-35-13-11-34(12-14-35)17-24-43(57)53-62/h1,7-24,31,33,44,49,56,62H,25-30H2,2-5H3,(H,50,60)(H,51,58)(H,52,59)(H,53,57)(H,54,63)/b24-17+/t33-,44-,66?/m0/s1. The number of terminal acetylenes is 1. The fraction of sp³-hybridized carbons (Fsp3) is 0.271. The Kier molecular flexibility index (Phi) is 17.8. The van der Waals surface area contributed by atoms with E-state index in [1.165, 1.54) is 37.3 Å². The van der Waals surface area contributed by atoms with Gasteiger partial charge < -0.3 is 45.3 Å². The molecule has 0 bridgehead atoms. The number of amides is 5. The molecule has 1 heterocycles. The lowest BCUT2D eigenvalue weighted by Gasteiger charge is -2.24. The Labute approximate surface area is 382 Å². The van der Waals surface area contributed by atoms with Gasteiger partial charge in [0.15, 0.2) is 0 Å². The molecule has 8 N–H and O–H groups in total. The monoisotopic (exact) mass is 919 g/mol. The molecule has 0 fully saturated rings. The van der Waals surface area contributed by atoms with Gasteiger partial charge in [0.1, 0.15) is 18.7 Å². The number of aliphatic hydroxyl groups is 1. The molecule has 0 saturated heterocycles. The SMILES string of the molecule is C#CP(=O)(Nc1ccc(C(=O)N[C@H](C(=O)N[C@@H](C)C(=O)Nc2ccc(COC(=O)N(CCc3c(C)[nH]c4ccccc34)Cc3ccc(/C=C/C(=O)NO)cc3)cc2)C(C)C)cc1)OCCO. The molecular formula is C48H54N7O10P. The van der Waals surface area contributed by atoms with Gasteiger partial charge >= 0.3 is 13.6 Å². The Morgan fingerprint density at radius 3 is 2.20 bits per heavy atom. The minimum atomic E-state index is -3.71. The van der Waals surface area contributed by atoms with E-state index >= 15 is 0 Å². The van der Waals surface area contributed by atoms with E-state index in [0.29, 0.717) is 29.9 Å². The average molecular weight is 920 g/mol. The van der Waals surface area contributed by atoms with Crippen molar-refractivity contribution in [1.82, 2.24) is 26.0 Å². The van der Waals surface area contributed by atoms with E-state index in [0.717, 1.165) is 33.3 Å². The number of para-hydroxylation sites is 1. The topological polar surface area (TPSA) is 241 Å². The highest BCUT2D eigenvalue weighted by molar-refractivity contribution is 7.65. The summed E-state index contributed by atoms with van der Waals surface area (Å²) < 4.78 is 23.5. The first kappa shape index (κ1) is 49.8. The maximum absolute atomic E-state index is 13.7. The molecule has 66 heavy (non-hydrogen) atoms. The molecule has 0 saturated carbocycles. The van der Waals surface area contributed by atoms with Gasteiger partial charge in [-0.1, -0.05) is 68.4 Å². The number of aryl methyl sites for hydroxylation is 1. The summed E-state index contributed by atoms with van der Waals surface area (Å²) in [6, 6.07) is 25.9. The minimum Gasteiger partial charge on any atom is -0.445 e. The summed E-state index contributed by atoms with van der Waals surface area (Å²) in [5.74, 6) is -2.64. The van der Waals surface area contributed by atoms with Crippen molar-refractivity contribution in [2.45, 2.75) is 59.4 Å². The van der Waals surface area contributed by atoms with Crippen molar-refractivity contribution in [1.29, 1.82) is 0 Å². The fourth-order valence-electron chi connectivity index (χ4n) is 6.74. The molecule has 5 rings (SSSR count). The largest absolute Gasteiger partial charge is 0.445 e. The summed E-state index contributed by atoms with van der Waals surface area (Å²) in [6.45, 7) is 6.98. The molecule has 1 unspecified atom stereocenters. The van der Waals surface area contributed by atoms with Crippen LogP contribution in [0.25, 0.3) is 17.0 Å². The van der Waals surface area contributed by atoms with E-state index in [-0.39, 0.29) is 37.8 Å². The number of hydroxylamine groups is 1. The molecule has 0 spiro atoms. The molecule has 0 radical (unpaired) electrons. The molecule has 0 aliphatic rings. The van der Waals surface area contributed by atoms with Crippen LogP contribution in [0.4, 0.5) is 16.2 Å². The van der Waals surface area contributed by atoms with Gasteiger partial charge in [-0.05, 0) is 97.0 Å². The van der Waals surface area contributed by atoms with Crippen molar-refractivity contribution in [2.24, 2.45) is 5.92 Å². The number of carbonyl (C=O) groups excluding carboxylic acids is 5. The quantitative estimate of drug-likeness (QED) is 0.0130. The zero-order valence-electron chi connectivity index (χ0n) is 37.0. The summed E-state index contributed by atoms with van der Waals surface area (Å²) in [5.41, 5.74) is 9.91. The summed E-state index contributed by atoms with van der Waals surface area (Å²) in [7, 11) is -3.71. The van der Waals surface area contributed by atoms with Crippen molar-refractivity contribution in [3.63, 3.8) is 0 Å². The number of anilines is 2. The Bertz CT molecular complexity index is 2610. The van der Waals surface area contributed by atoms with E-state index in [1.807, 2.05) is 43.3 Å². The van der Waals surface area contributed by atoms with Crippen molar-refractivity contribution in [2.75, 3.05) is 30.2 Å². The fourth-order valence-corrected chi connectivity index (χ4v) is 7.77. The predicted octanol–water partition coefficient (Wildman–Crippen LogP) is 6.48. The van der Waals surface area contributed by atoms with Crippen molar-refractivity contribution in [3.8, 4) is 12.1 Å². The first-order valence-corrected chi connectivity index (χ1v) is 22.7. The van der Waals surface area contributed by atoms with Crippen LogP contribution in [0, 0.1) is 24.9 Å². The number of carbonyl (C=O) groups is 5. The van der Waals surface area contributed by atoms with E-state index in [9.17, 15) is 28.5 Å². The maximum atomic E-state index is 13.7. The van der Waals surface area contributed by atoms with Crippen LogP contribution in [0.5, 0.6) is 0 Å². The highest BCUT2D eigenvalue weighted by atomic mass is 31.2. The van der Waals surface area contributed by atoms with Gasteiger partial charge in [0.25, 0.3) is 11.8 Å². The van der Waals surface area contributed by atoms with Gasteiger partial charge in [-0.15, -0.1) is 6.42 Å². The number of rotatable bonds is 21. The van der Waals surface area contributed by atoms with Crippen LogP contribution in [0.15, 0.2) is 103 Å². The van der Waals surface area contributed by atoms with Crippen LogP contribution in [0.3, 0.4) is 0 Å². The number of aromatic nitrogens is 1. The molecule has 0 aliphatic carbocycles. The maximum Gasteiger partial charge on any atom is 0.410 e. The molecule has 4 aromatic carbocycles. The summed E-state index contributed by atoms with van der Waals surface area (Å²) in [5, 5.41) is 29.5. The number of aliphatic hydroxyl groups excluding tert-OH is 1. The van der Waals surface area contributed by atoms with Crippen LogP contribution in [0.1, 0.15) is 59.1 Å². The average Bonchev–Trinajstić information content (AvgIpc) is 3.64. The number of fused-ring (bicyclic) bond motifs is 1. The zero-order valence-corrected chi connectivity index (χ0v) is 37.9. The third-order valence-electron chi connectivity index (χ3n) is 10.3. The Hall–Kier alpha value is -7.22. The molecule has 3 atom stereocenters. The van der Waals surface area contributed by atoms with E-state index in [1.54, 1.807) is 66.7 Å². The lowest BCUT2D eigenvalue weighted by molar-refractivity contribution is -0.128. The lowest BCUT2D eigenvalue weighted by Crippen LogP contribution is -2.53. The van der Waals surface area contributed by atoms with Gasteiger partial charge in [-0.3, -0.25) is 29.0 Å². The first-order valence-electron chi connectivity index (χ1n) is 21.0. The van der Waals surface area contributed by atoms with Crippen LogP contribution in [-0.4, -0.2) is 81.8 Å². The number of aromatic amines is 1. The Morgan fingerprint density at radius 1 is 0.879 bits per heavy atom. The number of hydrogen-bond donors (Lipinski definition) is 8. The number of ether oxygens (including phenoxy) is 1.